The largest absolute Gasteiger partial charge is 0.350 e. The minimum atomic E-state index is -0.263. The van der Waals surface area contributed by atoms with Gasteiger partial charge in [-0.05, 0) is 33.2 Å². The van der Waals surface area contributed by atoms with Gasteiger partial charge in [-0.15, -0.1) is 0 Å². The molecule has 0 aromatic rings. The number of nitrogens with one attached hydrogen (secondary N) is 1. The van der Waals surface area contributed by atoms with Gasteiger partial charge in [-0.25, -0.2) is 0 Å². The van der Waals surface area contributed by atoms with E-state index in [1.165, 1.54) is 12.8 Å². The molecule has 0 radical (unpaired) electrons. The lowest BCUT2D eigenvalue weighted by Gasteiger charge is -2.30. The van der Waals surface area contributed by atoms with Crippen molar-refractivity contribution in [3.05, 3.63) is 0 Å². The van der Waals surface area contributed by atoms with Crippen LogP contribution in [0.1, 0.15) is 46.0 Å². The van der Waals surface area contributed by atoms with E-state index in [4.69, 9.17) is 9.47 Å². The van der Waals surface area contributed by atoms with Crippen LogP contribution in [0.15, 0.2) is 0 Å². The summed E-state index contributed by atoms with van der Waals surface area (Å²) in [5.74, 6) is -0.263. The van der Waals surface area contributed by atoms with E-state index in [2.05, 4.69) is 19.2 Å². The lowest BCUT2D eigenvalue weighted by Crippen LogP contribution is -2.38. The van der Waals surface area contributed by atoms with E-state index < -0.39 is 0 Å². The van der Waals surface area contributed by atoms with Gasteiger partial charge in [0, 0.05) is 25.5 Å². The Balaban J connectivity index is 2.35. The molecule has 0 aliphatic heterocycles. The average molecular weight is 215 g/mol. The molecule has 1 fully saturated rings. The maximum atomic E-state index is 5.96. The molecule has 1 atom stereocenters. The molecule has 90 valence electrons. The molecule has 1 aliphatic rings. The van der Waals surface area contributed by atoms with E-state index in [9.17, 15) is 0 Å². The predicted octanol–water partition coefficient (Wildman–Crippen LogP) is 2.31. The van der Waals surface area contributed by atoms with Crippen molar-refractivity contribution in [3.63, 3.8) is 0 Å². The van der Waals surface area contributed by atoms with E-state index in [0.29, 0.717) is 6.04 Å². The summed E-state index contributed by atoms with van der Waals surface area (Å²) >= 11 is 0. The molecule has 1 aliphatic carbocycles. The molecule has 1 rings (SSSR count). The van der Waals surface area contributed by atoms with Crippen LogP contribution in [0.2, 0.25) is 0 Å². The Morgan fingerprint density at radius 2 is 1.93 bits per heavy atom. The molecule has 0 bridgehead atoms. The second kappa shape index (κ2) is 6.46. The smallest absolute Gasteiger partial charge is 0.168 e. The highest BCUT2D eigenvalue weighted by Gasteiger charge is 2.35. The van der Waals surface area contributed by atoms with Gasteiger partial charge in [0.1, 0.15) is 0 Å². The number of ether oxygens (including phenoxy) is 2. The molecule has 0 aromatic carbocycles. The normalized spacial score (nSPS) is 21.8. The molecule has 3 nitrogen and oxygen atoms in total. The van der Waals surface area contributed by atoms with Crippen LogP contribution in [0.5, 0.6) is 0 Å². The zero-order chi connectivity index (χ0) is 11.1. The minimum absolute atomic E-state index is 0.263. The molecule has 0 aromatic heterocycles. The van der Waals surface area contributed by atoms with Gasteiger partial charge in [0.25, 0.3) is 0 Å². The summed E-state index contributed by atoms with van der Waals surface area (Å²) in [5.41, 5.74) is 0. The summed E-state index contributed by atoms with van der Waals surface area (Å²) in [4.78, 5) is 0. The van der Waals surface area contributed by atoms with E-state index in [-0.39, 0.29) is 5.79 Å². The molecule has 0 amide bonds. The van der Waals surface area contributed by atoms with Gasteiger partial charge < -0.3 is 14.8 Å². The molecule has 3 heteroatoms. The molecule has 1 N–H and O–H groups in total. The fourth-order valence-electron chi connectivity index (χ4n) is 1.89. The SMILES string of the molecule is CCCOC1(OCC(C)NC)CCCC1. The Morgan fingerprint density at radius 1 is 1.27 bits per heavy atom. The molecule has 1 unspecified atom stereocenters. The van der Waals surface area contributed by atoms with Crippen molar-refractivity contribution in [2.45, 2.75) is 57.8 Å². The van der Waals surface area contributed by atoms with Gasteiger partial charge in [-0.3, -0.25) is 0 Å². The number of hydrogen-bond donors (Lipinski definition) is 1. The summed E-state index contributed by atoms with van der Waals surface area (Å²) < 4.78 is 11.8. The first-order valence-corrected chi connectivity index (χ1v) is 6.17. The van der Waals surface area contributed by atoms with Crippen LogP contribution in [-0.4, -0.2) is 32.1 Å². The Morgan fingerprint density at radius 3 is 2.47 bits per heavy atom. The quantitative estimate of drug-likeness (QED) is 0.661. The Kier molecular flexibility index (Phi) is 5.58. The van der Waals surface area contributed by atoms with Crippen LogP contribution in [0, 0.1) is 0 Å². The van der Waals surface area contributed by atoms with Crippen molar-refractivity contribution in [1.82, 2.24) is 5.32 Å². The maximum Gasteiger partial charge on any atom is 0.168 e. The lowest BCUT2D eigenvalue weighted by molar-refractivity contribution is -0.234. The molecular formula is C12H25NO2. The summed E-state index contributed by atoms with van der Waals surface area (Å²) in [6.45, 7) is 5.81. The average Bonchev–Trinajstić information content (AvgIpc) is 2.72. The molecule has 15 heavy (non-hydrogen) atoms. The summed E-state index contributed by atoms with van der Waals surface area (Å²) in [5, 5.41) is 3.18. The van der Waals surface area contributed by atoms with Crippen LogP contribution < -0.4 is 5.32 Å². The second-order valence-corrected chi connectivity index (χ2v) is 4.47. The van der Waals surface area contributed by atoms with Crippen molar-refractivity contribution in [3.8, 4) is 0 Å². The van der Waals surface area contributed by atoms with Crippen molar-refractivity contribution in [1.29, 1.82) is 0 Å². The van der Waals surface area contributed by atoms with Crippen molar-refractivity contribution in [2.75, 3.05) is 20.3 Å². The predicted molar refractivity (Wildman–Crippen MR) is 61.9 cm³/mol. The van der Waals surface area contributed by atoms with E-state index in [1.807, 2.05) is 7.05 Å². The van der Waals surface area contributed by atoms with Crippen LogP contribution >= 0.6 is 0 Å². The zero-order valence-corrected chi connectivity index (χ0v) is 10.3. The Labute approximate surface area is 93.5 Å². The molecule has 0 spiro atoms. The maximum absolute atomic E-state index is 5.96. The molecular weight excluding hydrogens is 190 g/mol. The zero-order valence-electron chi connectivity index (χ0n) is 10.3. The highest BCUT2D eigenvalue weighted by molar-refractivity contribution is 4.78. The summed E-state index contributed by atoms with van der Waals surface area (Å²) in [6.07, 6.45) is 5.65. The standard InChI is InChI=1S/C12H25NO2/c1-4-9-14-12(7-5-6-8-12)15-10-11(2)13-3/h11,13H,4-10H2,1-3H3. The lowest BCUT2D eigenvalue weighted by atomic mass is 10.2. The van der Waals surface area contributed by atoms with Crippen molar-refractivity contribution >= 4 is 0 Å². The third kappa shape index (κ3) is 4.09. The van der Waals surface area contributed by atoms with Gasteiger partial charge in [-0.1, -0.05) is 6.92 Å². The number of likely N-dealkylation sites (N-methyl/N-ethyl adjacent to an activating group) is 1. The summed E-state index contributed by atoms with van der Waals surface area (Å²) in [6, 6.07) is 0.396. The first kappa shape index (κ1) is 12.9. The van der Waals surface area contributed by atoms with E-state index in [1.54, 1.807) is 0 Å². The fourth-order valence-corrected chi connectivity index (χ4v) is 1.89. The second-order valence-electron chi connectivity index (χ2n) is 4.47. The van der Waals surface area contributed by atoms with Crippen molar-refractivity contribution < 1.29 is 9.47 Å². The summed E-state index contributed by atoms with van der Waals surface area (Å²) in [7, 11) is 1.96. The van der Waals surface area contributed by atoms with E-state index >= 15 is 0 Å². The van der Waals surface area contributed by atoms with Gasteiger partial charge >= 0.3 is 0 Å². The third-order valence-electron chi connectivity index (χ3n) is 3.02. The first-order valence-electron chi connectivity index (χ1n) is 6.17. The first-order chi connectivity index (χ1) is 7.22. The van der Waals surface area contributed by atoms with Gasteiger partial charge in [-0.2, -0.15) is 0 Å². The van der Waals surface area contributed by atoms with Crippen LogP contribution in [-0.2, 0) is 9.47 Å². The molecule has 0 saturated heterocycles. The van der Waals surface area contributed by atoms with Gasteiger partial charge in [0.05, 0.1) is 6.61 Å². The highest BCUT2D eigenvalue weighted by atomic mass is 16.7. The fraction of sp³-hybridized carbons (Fsp3) is 1.00. The number of hydrogen-bond acceptors (Lipinski definition) is 3. The number of rotatable bonds is 7. The van der Waals surface area contributed by atoms with Gasteiger partial charge in [0.15, 0.2) is 5.79 Å². The van der Waals surface area contributed by atoms with Crippen LogP contribution in [0.25, 0.3) is 0 Å². The highest BCUT2D eigenvalue weighted by Crippen LogP contribution is 2.34. The van der Waals surface area contributed by atoms with Crippen molar-refractivity contribution in [2.24, 2.45) is 0 Å². The van der Waals surface area contributed by atoms with E-state index in [0.717, 1.165) is 32.5 Å². The molecule has 1 saturated carbocycles. The Hall–Kier alpha value is -0.120. The third-order valence-corrected chi connectivity index (χ3v) is 3.02. The van der Waals surface area contributed by atoms with Crippen LogP contribution in [0.3, 0.4) is 0 Å². The molecule has 0 heterocycles. The van der Waals surface area contributed by atoms with Crippen LogP contribution in [0.4, 0.5) is 0 Å². The topological polar surface area (TPSA) is 30.5 Å². The van der Waals surface area contributed by atoms with Gasteiger partial charge in [0.2, 0.25) is 0 Å². The minimum Gasteiger partial charge on any atom is -0.350 e. The monoisotopic (exact) mass is 215 g/mol. The Bertz CT molecular complexity index is 167.